The molecule has 0 spiro atoms. The van der Waals surface area contributed by atoms with Crippen LogP contribution in [0.5, 0.6) is 0 Å². The highest BCUT2D eigenvalue weighted by Gasteiger charge is 2.40. The van der Waals surface area contributed by atoms with Crippen LogP contribution >= 0.6 is 11.6 Å². The third kappa shape index (κ3) is 7.15. The van der Waals surface area contributed by atoms with Crippen LogP contribution in [0.4, 0.5) is 4.39 Å². The largest absolute Gasteiger partial charge is 0.342 e. The van der Waals surface area contributed by atoms with Crippen LogP contribution in [0.2, 0.25) is 5.02 Å². The molecule has 0 aliphatic carbocycles. The minimum absolute atomic E-state index is 0.0262. The van der Waals surface area contributed by atoms with Crippen LogP contribution in [0.15, 0.2) is 36.8 Å². The molecule has 0 bridgehead atoms. The van der Waals surface area contributed by atoms with E-state index >= 15 is 0 Å². The average molecular weight is 679 g/mol. The van der Waals surface area contributed by atoms with Crippen LogP contribution in [0.1, 0.15) is 69.8 Å². The van der Waals surface area contributed by atoms with Crippen LogP contribution in [-0.4, -0.2) is 106 Å². The lowest BCUT2D eigenvalue weighted by molar-refractivity contribution is -0.128. The number of hydrogen-bond acceptors (Lipinski definition) is 5. The molecule has 3 saturated heterocycles. The minimum Gasteiger partial charge on any atom is -0.342 e. The van der Waals surface area contributed by atoms with Crippen molar-refractivity contribution in [2.45, 2.75) is 72.4 Å². The maximum absolute atomic E-state index is 14.5. The predicted octanol–water partition coefficient (Wildman–Crippen LogP) is 6.38. The van der Waals surface area contributed by atoms with Crippen LogP contribution in [0.3, 0.4) is 0 Å². The van der Waals surface area contributed by atoms with Gasteiger partial charge in [0.2, 0.25) is 5.91 Å². The first-order valence-corrected chi connectivity index (χ1v) is 18.2. The summed E-state index contributed by atoms with van der Waals surface area (Å²) in [5, 5.41) is 1.54. The van der Waals surface area contributed by atoms with Gasteiger partial charge in [-0.1, -0.05) is 25.4 Å². The molecule has 3 aliphatic rings. The number of carbonyl (C=O) groups is 2. The molecule has 0 saturated carbocycles. The summed E-state index contributed by atoms with van der Waals surface area (Å²) in [5.41, 5.74) is 2.89. The smallest absolute Gasteiger partial charge is 0.256 e. The molecule has 10 heteroatoms. The Morgan fingerprint density at radius 3 is 2.46 bits per heavy atom. The first-order valence-electron chi connectivity index (χ1n) is 17.8. The lowest BCUT2D eigenvalue weighted by Crippen LogP contribution is -2.38. The Labute approximate surface area is 290 Å². The van der Waals surface area contributed by atoms with Gasteiger partial charge in [0.15, 0.2) is 0 Å². The minimum atomic E-state index is -0.443. The van der Waals surface area contributed by atoms with Crippen LogP contribution in [0, 0.1) is 29.5 Å². The summed E-state index contributed by atoms with van der Waals surface area (Å²) in [6.45, 7) is 17.7. The first kappa shape index (κ1) is 34.8. The molecule has 0 N–H and O–H groups in total. The summed E-state index contributed by atoms with van der Waals surface area (Å²) in [6, 6.07) is 4.94. The van der Waals surface area contributed by atoms with E-state index in [2.05, 4.69) is 34.8 Å². The van der Waals surface area contributed by atoms with Gasteiger partial charge in [-0.25, -0.2) is 4.39 Å². The summed E-state index contributed by atoms with van der Waals surface area (Å²) >= 11 is 6.81. The van der Waals surface area contributed by atoms with Crippen molar-refractivity contribution in [3.05, 3.63) is 58.8 Å². The van der Waals surface area contributed by atoms with Crippen molar-refractivity contribution in [1.29, 1.82) is 0 Å². The number of pyridine rings is 1. The zero-order chi connectivity index (χ0) is 34.3. The summed E-state index contributed by atoms with van der Waals surface area (Å²) in [4.78, 5) is 38.7. The molecule has 3 fully saturated rings. The van der Waals surface area contributed by atoms with Crippen molar-refractivity contribution in [2.75, 3.05) is 52.9 Å². The second kappa shape index (κ2) is 14.5. The number of benzene rings is 1. The molecule has 260 valence electrons. The maximum atomic E-state index is 14.5. The lowest BCUT2D eigenvalue weighted by atomic mass is 9.96. The molecule has 3 aromatic rings. The van der Waals surface area contributed by atoms with Crippen molar-refractivity contribution in [3.8, 4) is 5.69 Å². The molecular weight excluding hydrogens is 627 g/mol. The summed E-state index contributed by atoms with van der Waals surface area (Å²) in [5.74, 6) is 1.89. The highest BCUT2D eigenvalue weighted by atomic mass is 35.5. The van der Waals surface area contributed by atoms with Gasteiger partial charge in [0.25, 0.3) is 5.91 Å². The van der Waals surface area contributed by atoms with E-state index in [0.29, 0.717) is 46.0 Å². The SMILES string of the molecule is CC(=O)N1CC2CN(CCC[C@H](C(C)C)N3CC[C@@H](Cc4cn(-c5ccc(F)cc5C(=O)N(C)C(C)C)c5cncc(Cl)c45)C3)C[C@H]2C1. The highest BCUT2D eigenvalue weighted by molar-refractivity contribution is 6.35. The summed E-state index contributed by atoms with van der Waals surface area (Å²) < 4.78 is 16.5. The molecule has 6 rings (SSSR count). The van der Waals surface area contributed by atoms with Gasteiger partial charge in [-0.2, -0.15) is 0 Å². The average Bonchev–Trinajstić information content (AvgIpc) is 3.82. The Kier molecular flexibility index (Phi) is 10.5. The van der Waals surface area contributed by atoms with Crippen molar-refractivity contribution >= 4 is 34.3 Å². The van der Waals surface area contributed by atoms with E-state index in [1.54, 1.807) is 37.3 Å². The molecule has 2 amide bonds. The van der Waals surface area contributed by atoms with E-state index in [-0.39, 0.29) is 17.9 Å². The van der Waals surface area contributed by atoms with Gasteiger partial charge in [0.05, 0.1) is 28.0 Å². The van der Waals surface area contributed by atoms with Gasteiger partial charge in [-0.05, 0) is 100 Å². The van der Waals surface area contributed by atoms with Crippen LogP contribution in [-0.2, 0) is 11.2 Å². The lowest BCUT2D eigenvalue weighted by Gasteiger charge is -2.32. The molecule has 3 aliphatic heterocycles. The molecule has 48 heavy (non-hydrogen) atoms. The zero-order valence-corrected chi connectivity index (χ0v) is 30.2. The Morgan fingerprint density at radius 2 is 1.79 bits per heavy atom. The monoisotopic (exact) mass is 678 g/mol. The zero-order valence-electron chi connectivity index (χ0n) is 29.5. The number of fused-ring (bicyclic) bond motifs is 2. The van der Waals surface area contributed by atoms with E-state index in [1.165, 1.54) is 25.0 Å². The molecular formula is C38H52ClFN6O2. The molecule has 4 atom stereocenters. The number of rotatable bonds is 11. The summed E-state index contributed by atoms with van der Waals surface area (Å²) in [7, 11) is 1.75. The Balaban J connectivity index is 1.14. The van der Waals surface area contributed by atoms with Gasteiger partial charge in [0.1, 0.15) is 5.82 Å². The Morgan fingerprint density at radius 1 is 1.06 bits per heavy atom. The number of halogens is 2. The van der Waals surface area contributed by atoms with Gasteiger partial charge in [-0.15, -0.1) is 0 Å². The van der Waals surface area contributed by atoms with Gasteiger partial charge >= 0.3 is 0 Å². The van der Waals surface area contributed by atoms with Gasteiger partial charge in [0, 0.05) is 76.6 Å². The highest BCUT2D eigenvalue weighted by Crippen LogP contribution is 2.36. The fourth-order valence-electron chi connectivity index (χ4n) is 8.52. The second-order valence-corrected chi connectivity index (χ2v) is 15.6. The molecule has 0 radical (unpaired) electrons. The number of aromatic nitrogens is 2. The maximum Gasteiger partial charge on any atom is 0.256 e. The molecule has 5 heterocycles. The molecule has 2 aromatic heterocycles. The standard InChI is InChI=1S/C38H52ClFN6O2/c1-24(2)34(8-7-12-43-19-29-21-45(26(5)47)22-30(29)20-43)44-13-11-27(18-44)14-28-23-46(36-17-41-16-33(39)37(28)36)35-10-9-31(40)15-32(35)38(48)42(6)25(3)4/h9-10,15-17,23-25,27,29-30,34H,7-8,11-14,18-22H2,1-6H3/t27-,29-,30?,34+/m0/s1. The van der Waals surface area contributed by atoms with Crippen LogP contribution in [0.25, 0.3) is 16.6 Å². The van der Waals surface area contributed by atoms with Crippen molar-refractivity contribution in [3.63, 3.8) is 0 Å². The summed E-state index contributed by atoms with van der Waals surface area (Å²) in [6.07, 6.45) is 9.94. The Hall–Kier alpha value is -3.01. The van der Waals surface area contributed by atoms with E-state index in [1.807, 2.05) is 23.3 Å². The molecule has 1 unspecified atom stereocenters. The van der Waals surface area contributed by atoms with Gasteiger partial charge in [-0.3, -0.25) is 19.5 Å². The number of hydrogen-bond donors (Lipinski definition) is 0. The number of nitrogens with zero attached hydrogens (tertiary/aromatic N) is 6. The second-order valence-electron chi connectivity index (χ2n) is 15.2. The van der Waals surface area contributed by atoms with Crippen molar-refractivity contribution in [2.24, 2.45) is 23.7 Å². The quantitative estimate of drug-likeness (QED) is 0.236. The number of amides is 2. The van der Waals surface area contributed by atoms with E-state index < -0.39 is 5.82 Å². The third-order valence-electron chi connectivity index (χ3n) is 11.3. The predicted molar refractivity (Wildman–Crippen MR) is 190 cm³/mol. The van der Waals surface area contributed by atoms with E-state index in [9.17, 15) is 14.0 Å². The first-order chi connectivity index (χ1) is 22.9. The third-order valence-corrected chi connectivity index (χ3v) is 11.6. The molecule has 1 aromatic carbocycles. The number of likely N-dealkylation sites (tertiary alicyclic amines) is 3. The number of carbonyl (C=O) groups excluding carboxylic acids is 2. The van der Waals surface area contributed by atoms with Crippen molar-refractivity contribution < 1.29 is 14.0 Å². The van der Waals surface area contributed by atoms with E-state index in [4.69, 9.17) is 11.6 Å². The van der Waals surface area contributed by atoms with Crippen LogP contribution < -0.4 is 0 Å². The fraction of sp³-hybridized carbons (Fsp3) is 0.605. The topological polar surface area (TPSA) is 64.9 Å². The van der Waals surface area contributed by atoms with E-state index in [0.717, 1.165) is 75.1 Å². The van der Waals surface area contributed by atoms with Gasteiger partial charge < -0.3 is 19.3 Å². The normalized spacial score (nSPS) is 22.4. The molecule has 8 nitrogen and oxygen atoms in total. The Bertz CT molecular complexity index is 1630. The van der Waals surface area contributed by atoms with Crippen molar-refractivity contribution in [1.82, 2.24) is 29.2 Å². The fourth-order valence-corrected chi connectivity index (χ4v) is 8.79.